The van der Waals surface area contributed by atoms with Gasteiger partial charge in [-0.25, -0.2) is 15.0 Å². The Hall–Kier alpha value is -2.43. The first-order chi connectivity index (χ1) is 8.79. The first-order valence-electron chi connectivity index (χ1n) is 5.55. The van der Waals surface area contributed by atoms with Crippen LogP contribution in [0.3, 0.4) is 0 Å². The lowest BCUT2D eigenvalue weighted by Gasteiger charge is -2.01. The van der Waals surface area contributed by atoms with Crippen molar-refractivity contribution in [1.29, 1.82) is 0 Å². The molecule has 0 atom stereocenters. The molecule has 18 heavy (non-hydrogen) atoms. The van der Waals surface area contributed by atoms with Crippen LogP contribution in [-0.2, 0) is 7.05 Å². The van der Waals surface area contributed by atoms with Crippen LogP contribution >= 0.6 is 0 Å². The normalized spacial score (nSPS) is 10.8. The number of aryl methyl sites for hydroxylation is 1. The van der Waals surface area contributed by atoms with Crippen LogP contribution in [0.25, 0.3) is 22.3 Å². The molecule has 0 aliphatic carbocycles. The Kier molecular flexibility index (Phi) is 2.44. The maximum Gasteiger partial charge on any atom is 0.164 e. The Balaban J connectivity index is 2.29. The molecule has 90 valence electrons. The number of rotatable bonds is 2. The number of nitrogens with zero attached hydrogens (tertiary/aromatic N) is 4. The van der Waals surface area contributed by atoms with Gasteiger partial charge in [-0.05, 0) is 18.2 Å². The van der Waals surface area contributed by atoms with Crippen molar-refractivity contribution in [3.8, 4) is 17.1 Å². The maximum absolute atomic E-state index is 5.26. The molecule has 0 aliphatic rings. The Bertz CT molecular complexity index is 691. The van der Waals surface area contributed by atoms with Gasteiger partial charge in [-0.2, -0.15) is 0 Å². The summed E-state index contributed by atoms with van der Waals surface area (Å²) >= 11 is 0. The van der Waals surface area contributed by atoms with E-state index in [0.717, 1.165) is 22.2 Å². The molecular weight excluding hydrogens is 228 g/mol. The molecule has 0 aliphatic heterocycles. The van der Waals surface area contributed by atoms with Crippen LogP contribution in [0.15, 0.2) is 37.1 Å². The number of methoxy groups -OCH3 is 1. The molecular formula is C13H12N4O. The monoisotopic (exact) mass is 240 g/mol. The van der Waals surface area contributed by atoms with Crippen molar-refractivity contribution in [1.82, 2.24) is 19.5 Å². The van der Waals surface area contributed by atoms with Gasteiger partial charge < -0.3 is 9.30 Å². The van der Waals surface area contributed by atoms with Gasteiger partial charge in [-0.15, -0.1) is 0 Å². The van der Waals surface area contributed by atoms with E-state index in [9.17, 15) is 0 Å². The Morgan fingerprint density at radius 2 is 1.94 bits per heavy atom. The fourth-order valence-electron chi connectivity index (χ4n) is 2.05. The summed E-state index contributed by atoms with van der Waals surface area (Å²) in [5.74, 6) is 1.49. The average Bonchev–Trinajstić information content (AvgIpc) is 2.76. The van der Waals surface area contributed by atoms with Crippen LogP contribution < -0.4 is 4.74 Å². The lowest BCUT2D eigenvalue weighted by molar-refractivity contribution is 0.415. The van der Waals surface area contributed by atoms with E-state index in [0.29, 0.717) is 5.82 Å². The minimum atomic E-state index is 0.670. The van der Waals surface area contributed by atoms with Crippen LogP contribution in [-0.4, -0.2) is 26.6 Å². The second-order valence-corrected chi connectivity index (χ2v) is 4.00. The summed E-state index contributed by atoms with van der Waals surface area (Å²) < 4.78 is 7.31. The third kappa shape index (κ3) is 1.60. The topological polar surface area (TPSA) is 52.8 Å². The standard InChI is InChI=1S/C13H12N4O/c1-17-6-11(13-15-7-14-8-16-13)10-5-9(18-2)3-4-12(10)17/h3-8H,1-2H3. The molecule has 0 saturated heterocycles. The lowest BCUT2D eigenvalue weighted by atomic mass is 10.1. The fraction of sp³-hybridized carbons (Fsp3) is 0.154. The van der Waals surface area contributed by atoms with Gasteiger partial charge in [-0.1, -0.05) is 0 Å². The number of ether oxygens (including phenoxy) is 1. The summed E-state index contributed by atoms with van der Waals surface area (Å²) in [6.07, 6.45) is 5.02. The molecule has 0 radical (unpaired) electrons. The van der Waals surface area contributed by atoms with Crippen molar-refractivity contribution in [3.05, 3.63) is 37.1 Å². The second kappa shape index (κ2) is 4.10. The number of fused-ring (bicyclic) bond motifs is 1. The predicted octanol–water partition coefficient (Wildman–Crippen LogP) is 2.04. The van der Waals surface area contributed by atoms with Crippen LogP contribution in [0.1, 0.15) is 0 Å². The summed E-state index contributed by atoms with van der Waals surface area (Å²) in [6, 6.07) is 5.97. The predicted molar refractivity (Wildman–Crippen MR) is 68.3 cm³/mol. The number of hydrogen-bond acceptors (Lipinski definition) is 4. The quantitative estimate of drug-likeness (QED) is 0.687. The lowest BCUT2D eigenvalue weighted by Crippen LogP contribution is -1.88. The molecule has 3 aromatic rings. The molecule has 2 heterocycles. The minimum absolute atomic E-state index is 0.670. The van der Waals surface area contributed by atoms with Crippen molar-refractivity contribution in [2.24, 2.45) is 7.05 Å². The van der Waals surface area contributed by atoms with Gasteiger partial charge in [0.25, 0.3) is 0 Å². The zero-order chi connectivity index (χ0) is 12.5. The molecule has 3 rings (SSSR count). The highest BCUT2D eigenvalue weighted by Crippen LogP contribution is 2.30. The van der Waals surface area contributed by atoms with Gasteiger partial charge in [0.05, 0.1) is 7.11 Å². The first kappa shape index (κ1) is 10.7. The molecule has 0 unspecified atom stereocenters. The van der Waals surface area contributed by atoms with E-state index < -0.39 is 0 Å². The molecule has 0 bridgehead atoms. The highest BCUT2D eigenvalue weighted by Gasteiger charge is 2.11. The number of hydrogen-bond donors (Lipinski definition) is 0. The summed E-state index contributed by atoms with van der Waals surface area (Å²) in [7, 11) is 3.66. The van der Waals surface area contributed by atoms with Gasteiger partial charge in [0.15, 0.2) is 5.82 Å². The smallest absolute Gasteiger partial charge is 0.164 e. The maximum atomic E-state index is 5.26. The van der Waals surface area contributed by atoms with E-state index in [1.54, 1.807) is 7.11 Å². The van der Waals surface area contributed by atoms with Gasteiger partial charge in [0.2, 0.25) is 0 Å². The average molecular weight is 240 g/mol. The SMILES string of the molecule is COc1ccc2c(c1)c(-c1ncncn1)cn2C. The molecule has 1 aromatic carbocycles. The molecule has 0 N–H and O–H groups in total. The van der Waals surface area contributed by atoms with Gasteiger partial charge in [0.1, 0.15) is 18.4 Å². The van der Waals surface area contributed by atoms with Gasteiger partial charge in [-0.3, -0.25) is 0 Å². The molecule has 5 heteroatoms. The zero-order valence-electron chi connectivity index (χ0n) is 10.2. The van der Waals surface area contributed by atoms with Crippen molar-refractivity contribution < 1.29 is 4.74 Å². The van der Waals surface area contributed by atoms with Gasteiger partial charge >= 0.3 is 0 Å². The summed E-state index contributed by atoms with van der Waals surface area (Å²) in [5, 5.41) is 1.07. The highest BCUT2D eigenvalue weighted by molar-refractivity contribution is 5.95. The van der Waals surface area contributed by atoms with Gasteiger partial charge in [0, 0.05) is 29.7 Å². The molecule has 0 saturated carbocycles. The Morgan fingerprint density at radius 1 is 1.17 bits per heavy atom. The molecule has 0 amide bonds. The van der Waals surface area contributed by atoms with E-state index >= 15 is 0 Å². The molecule has 2 aromatic heterocycles. The van der Waals surface area contributed by atoms with Crippen molar-refractivity contribution in [3.63, 3.8) is 0 Å². The second-order valence-electron chi connectivity index (χ2n) is 4.00. The molecule has 0 fully saturated rings. The fourth-order valence-corrected chi connectivity index (χ4v) is 2.05. The van der Waals surface area contributed by atoms with E-state index in [2.05, 4.69) is 15.0 Å². The molecule has 0 spiro atoms. The summed E-state index contributed by atoms with van der Waals surface area (Å²) in [4.78, 5) is 12.2. The Morgan fingerprint density at radius 3 is 2.67 bits per heavy atom. The zero-order valence-corrected chi connectivity index (χ0v) is 10.2. The van der Waals surface area contributed by atoms with E-state index in [4.69, 9.17) is 4.74 Å². The van der Waals surface area contributed by atoms with Crippen LogP contribution in [0, 0.1) is 0 Å². The summed E-state index contributed by atoms with van der Waals surface area (Å²) in [6.45, 7) is 0. The Labute approximate surface area is 104 Å². The van der Waals surface area contributed by atoms with Crippen LogP contribution in [0.5, 0.6) is 5.75 Å². The largest absolute Gasteiger partial charge is 0.497 e. The van der Waals surface area contributed by atoms with E-state index in [-0.39, 0.29) is 0 Å². The molecule has 5 nitrogen and oxygen atoms in total. The van der Waals surface area contributed by atoms with Crippen molar-refractivity contribution in [2.45, 2.75) is 0 Å². The highest BCUT2D eigenvalue weighted by atomic mass is 16.5. The van der Waals surface area contributed by atoms with Crippen molar-refractivity contribution >= 4 is 10.9 Å². The number of benzene rings is 1. The van der Waals surface area contributed by atoms with E-state index in [1.165, 1.54) is 12.7 Å². The van der Waals surface area contributed by atoms with Crippen LogP contribution in [0.4, 0.5) is 0 Å². The third-order valence-electron chi connectivity index (χ3n) is 2.93. The number of aromatic nitrogens is 4. The van der Waals surface area contributed by atoms with E-state index in [1.807, 2.05) is 36.0 Å². The minimum Gasteiger partial charge on any atom is -0.497 e. The summed E-state index contributed by atoms with van der Waals surface area (Å²) in [5.41, 5.74) is 2.10. The third-order valence-corrected chi connectivity index (χ3v) is 2.93. The first-order valence-corrected chi connectivity index (χ1v) is 5.55. The van der Waals surface area contributed by atoms with Crippen molar-refractivity contribution in [2.75, 3.05) is 7.11 Å². The van der Waals surface area contributed by atoms with Crippen LogP contribution in [0.2, 0.25) is 0 Å².